The standard InChI is InChI=1S/C11H24N2O2/c1-8(2)4-10(6-12)5-11(15)13-7-9(3)14/h8-10,14H,4-7,12H2,1-3H3,(H,13,15)/t9-,10?/m1/s1. The highest BCUT2D eigenvalue weighted by Gasteiger charge is 2.13. The van der Waals surface area contributed by atoms with Gasteiger partial charge in [0.2, 0.25) is 5.91 Å². The van der Waals surface area contributed by atoms with Gasteiger partial charge in [-0.05, 0) is 31.7 Å². The first-order valence-electron chi connectivity index (χ1n) is 5.60. The van der Waals surface area contributed by atoms with E-state index >= 15 is 0 Å². The van der Waals surface area contributed by atoms with Gasteiger partial charge in [0.05, 0.1) is 6.10 Å². The first kappa shape index (κ1) is 14.4. The molecule has 15 heavy (non-hydrogen) atoms. The Morgan fingerprint density at radius 2 is 2.00 bits per heavy atom. The second kappa shape index (κ2) is 7.65. The summed E-state index contributed by atoms with van der Waals surface area (Å²) in [6.07, 6.45) is 0.940. The Balaban J connectivity index is 3.80. The molecule has 90 valence electrons. The number of aliphatic hydroxyl groups is 1. The quantitative estimate of drug-likeness (QED) is 0.580. The van der Waals surface area contributed by atoms with Gasteiger partial charge in [0, 0.05) is 13.0 Å². The van der Waals surface area contributed by atoms with Crippen LogP contribution in [0.2, 0.25) is 0 Å². The van der Waals surface area contributed by atoms with Crippen LogP contribution in [0.25, 0.3) is 0 Å². The number of hydrogen-bond donors (Lipinski definition) is 3. The molecule has 0 aromatic rings. The molecule has 0 heterocycles. The average molecular weight is 216 g/mol. The SMILES string of the molecule is CC(C)CC(CN)CC(=O)NC[C@@H](C)O. The molecule has 0 fully saturated rings. The molecule has 4 heteroatoms. The van der Waals surface area contributed by atoms with E-state index in [1.807, 2.05) is 0 Å². The molecular formula is C11H24N2O2. The molecule has 1 amide bonds. The Morgan fingerprint density at radius 1 is 1.40 bits per heavy atom. The van der Waals surface area contributed by atoms with Gasteiger partial charge in [0.1, 0.15) is 0 Å². The molecule has 0 aliphatic rings. The number of nitrogens with two attached hydrogens (primary N) is 1. The van der Waals surface area contributed by atoms with Crippen LogP contribution in [0, 0.1) is 11.8 Å². The smallest absolute Gasteiger partial charge is 0.220 e. The highest BCUT2D eigenvalue weighted by Crippen LogP contribution is 2.13. The van der Waals surface area contributed by atoms with Gasteiger partial charge in [0.25, 0.3) is 0 Å². The van der Waals surface area contributed by atoms with Crippen LogP contribution < -0.4 is 11.1 Å². The third-order valence-electron chi connectivity index (χ3n) is 2.21. The third-order valence-corrected chi connectivity index (χ3v) is 2.21. The Hall–Kier alpha value is -0.610. The van der Waals surface area contributed by atoms with E-state index in [-0.39, 0.29) is 11.8 Å². The first-order chi connectivity index (χ1) is 6.95. The molecule has 0 bridgehead atoms. The van der Waals surface area contributed by atoms with Crippen LogP contribution in [0.3, 0.4) is 0 Å². The van der Waals surface area contributed by atoms with E-state index in [1.165, 1.54) is 0 Å². The van der Waals surface area contributed by atoms with Crippen LogP contribution in [-0.2, 0) is 4.79 Å². The van der Waals surface area contributed by atoms with E-state index in [9.17, 15) is 4.79 Å². The molecule has 0 spiro atoms. The molecule has 0 radical (unpaired) electrons. The summed E-state index contributed by atoms with van der Waals surface area (Å²) in [5.74, 6) is 0.786. The van der Waals surface area contributed by atoms with Crippen LogP contribution in [0.5, 0.6) is 0 Å². The van der Waals surface area contributed by atoms with Crippen LogP contribution in [0.1, 0.15) is 33.6 Å². The number of nitrogens with one attached hydrogen (secondary N) is 1. The fourth-order valence-electron chi connectivity index (χ4n) is 1.53. The van der Waals surface area contributed by atoms with Gasteiger partial charge in [-0.3, -0.25) is 4.79 Å². The summed E-state index contributed by atoms with van der Waals surface area (Å²) in [5, 5.41) is 11.7. The largest absolute Gasteiger partial charge is 0.392 e. The highest BCUT2D eigenvalue weighted by atomic mass is 16.3. The molecule has 0 aromatic carbocycles. The molecule has 0 saturated heterocycles. The lowest BCUT2D eigenvalue weighted by Gasteiger charge is -2.16. The van der Waals surface area contributed by atoms with Gasteiger partial charge in [-0.2, -0.15) is 0 Å². The number of hydrogen-bond acceptors (Lipinski definition) is 3. The van der Waals surface area contributed by atoms with Crippen molar-refractivity contribution >= 4 is 5.91 Å². The van der Waals surface area contributed by atoms with Crippen molar-refractivity contribution in [2.75, 3.05) is 13.1 Å². The lowest BCUT2D eigenvalue weighted by Crippen LogP contribution is -2.33. The van der Waals surface area contributed by atoms with E-state index in [0.717, 1.165) is 6.42 Å². The number of aliphatic hydroxyl groups excluding tert-OH is 1. The molecule has 1 unspecified atom stereocenters. The highest BCUT2D eigenvalue weighted by molar-refractivity contribution is 5.76. The monoisotopic (exact) mass is 216 g/mol. The maximum Gasteiger partial charge on any atom is 0.220 e. The van der Waals surface area contributed by atoms with Crippen molar-refractivity contribution in [3.63, 3.8) is 0 Å². The Morgan fingerprint density at radius 3 is 2.40 bits per heavy atom. The molecule has 0 aliphatic carbocycles. The average Bonchev–Trinajstić information content (AvgIpc) is 2.13. The molecule has 0 aromatic heterocycles. The molecule has 2 atom stereocenters. The van der Waals surface area contributed by atoms with Crippen LogP contribution in [0.4, 0.5) is 0 Å². The molecule has 4 nitrogen and oxygen atoms in total. The minimum Gasteiger partial charge on any atom is -0.392 e. The summed E-state index contributed by atoms with van der Waals surface area (Å²) in [4.78, 5) is 11.4. The van der Waals surface area contributed by atoms with Crippen molar-refractivity contribution in [3.05, 3.63) is 0 Å². The molecule has 0 saturated carbocycles. The lowest BCUT2D eigenvalue weighted by molar-refractivity contribution is -0.122. The van der Waals surface area contributed by atoms with Crippen molar-refractivity contribution in [2.45, 2.75) is 39.7 Å². The number of carbonyl (C=O) groups is 1. The Kier molecular flexibility index (Phi) is 7.34. The molecule has 4 N–H and O–H groups in total. The summed E-state index contributed by atoms with van der Waals surface area (Å²) < 4.78 is 0. The summed E-state index contributed by atoms with van der Waals surface area (Å²) in [6, 6.07) is 0. The van der Waals surface area contributed by atoms with E-state index in [1.54, 1.807) is 6.92 Å². The van der Waals surface area contributed by atoms with Crippen molar-refractivity contribution in [1.82, 2.24) is 5.32 Å². The fourth-order valence-corrected chi connectivity index (χ4v) is 1.53. The topological polar surface area (TPSA) is 75.4 Å². The van der Waals surface area contributed by atoms with Crippen LogP contribution in [-0.4, -0.2) is 30.2 Å². The van der Waals surface area contributed by atoms with Crippen molar-refractivity contribution in [2.24, 2.45) is 17.6 Å². The minimum absolute atomic E-state index is 0.0213. The molecule has 0 aliphatic heterocycles. The molecule has 0 rings (SSSR count). The zero-order valence-electron chi connectivity index (χ0n) is 9.99. The molecular weight excluding hydrogens is 192 g/mol. The zero-order valence-corrected chi connectivity index (χ0v) is 9.99. The van der Waals surface area contributed by atoms with Gasteiger partial charge in [-0.1, -0.05) is 13.8 Å². The van der Waals surface area contributed by atoms with Gasteiger partial charge < -0.3 is 16.2 Å². The lowest BCUT2D eigenvalue weighted by atomic mass is 9.94. The van der Waals surface area contributed by atoms with E-state index in [0.29, 0.717) is 25.4 Å². The summed E-state index contributed by atoms with van der Waals surface area (Å²) in [6.45, 7) is 6.75. The summed E-state index contributed by atoms with van der Waals surface area (Å²) >= 11 is 0. The summed E-state index contributed by atoms with van der Waals surface area (Å²) in [5.41, 5.74) is 5.60. The van der Waals surface area contributed by atoms with E-state index < -0.39 is 6.10 Å². The second-order valence-corrected chi connectivity index (χ2v) is 4.59. The summed E-state index contributed by atoms with van der Waals surface area (Å²) in [7, 11) is 0. The zero-order chi connectivity index (χ0) is 11.8. The Bertz CT molecular complexity index is 181. The second-order valence-electron chi connectivity index (χ2n) is 4.59. The van der Waals surface area contributed by atoms with Gasteiger partial charge >= 0.3 is 0 Å². The minimum atomic E-state index is -0.490. The van der Waals surface area contributed by atoms with E-state index in [2.05, 4.69) is 19.2 Å². The normalized spacial score (nSPS) is 15.1. The number of carbonyl (C=O) groups excluding carboxylic acids is 1. The maximum atomic E-state index is 11.4. The third kappa shape index (κ3) is 8.39. The maximum absolute atomic E-state index is 11.4. The van der Waals surface area contributed by atoms with Gasteiger partial charge in [-0.25, -0.2) is 0 Å². The fraction of sp³-hybridized carbons (Fsp3) is 0.909. The number of rotatable bonds is 7. The van der Waals surface area contributed by atoms with Gasteiger partial charge in [0.15, 0.2) is 0 Å². The Labute approximate surface area is 92.2 Å². The van der Waals surface area contributed by atoms with Crippen LogP contribution in [0.15, 0.2) is 0 Å². The van der Waals surface area contributed by atoms with Crippen molar-refractivity contribution in [1.29, 1.82) is 0 Å². The number of amides is 1. The van der Waals surface area contributed by atoms with Gasteiger partial charge in [-0.15, -0.1) is 0 Å². The van der Waals surface area contributed by atoms with Crippen molar-refractivity contribution < 1.29 is 9.90 Å². The van der Waals surface area contributed by atoms with Crippen molar-refractivity contribution in [3.8, 4) is 0 Å². The van der Waals surface area contributed by atoms with E-state index in [4.69, 9.17) is 10.8 Å². The predicted octanol–water partition coefficient (Wildman–Crippen LogP) is 0.495. The first-order valence-corrected chi connectivity index (χ1v) is 5.60. The predicted molar refractivity (Wildman–Crippen MR) is 61.3 cm³/mol. The van der Waals surface area contributed by atoms with Crippen LogP contribution >= 0.6 is 0 Å².